The minimum Gasteiger partial charge on any atom is -0.508 e. The molecule has 1 aliphatic heterocycles. The zero-order chi connectivity index (χ0) is 18.5. The predicted molar refractivity (Wildman–Crippen MR) is 101 cm³/mol. The molecule has 0 aromatic heterocycles. The third-order valence-corrected chi connectivity index (χ3v) is 5.05. The van der Waals surface area contributed by atoms with Crippen molar-refractivity contribution in [2.45, 2.75) is 32.7 Å². The number of carbonyl (C=O) groups excluding carboxylic acids is 1. The normalized spacial score (nSPS) is 21.2. The quantitative estimate of drug-likeness (QED) is 0.616. The zero-order valence-electron chi connectivity index (χ0n) is 14.8. The predicted octanol–water partition coefficient (Wildman–Crippen LogP) is 4.32. The van der Waals surface area contributed by atoms with Crippen molar-refractivity contribution in [3.8, 4) is 11.5 Å². The van der Waals surface area contributed by atoms with Gasteiger partial charge in [-0.05, 0) is 36.1 Å². The topological polar surface area (TPSA) is 81.6 Å². The Hall–Kier alpha value is -2.95. The molecule has 0 fully saturated rings. The second-order valence-electron chi connectivity index (χ2n) is 7.82. The molecule has 0 bridgehead atoms. The largest absolute Gasteiger partial charge is 0.508 e. The molecule has 2 aromatic carbocycles. The number of anilines is 2. The Morgan fingerprint density at radius 2 is 1.77 bits per heavy atom. The second kappa shape index (κ2) is 5.80. The van der Waals surface area contributed by atoms with E-state index in [0.29, 0.717) is 17.6 Å². The van der Waals surface area contributed by atoms with E-state index < -0.39 is 6.04 Å². The summed E-state index contributed by atoms with van der Waals surface area (Å²) in [6.07, 6.45) is 1.21. The number of phenols is 2. The van der Waals surface area contributed by atoms with E-state index in [9.17, 15) is 15.0 Å². The molecule has 134 valence electrons. The molecule has 1 aliphatic carbocycles. The van der Waals surface area contributed by atoms with Gasteiger partial charge in [0.1, 0.15) is 11.5 Å². The Bertz CT molecular complexity index is 931. The molecule has 5 nitrogen and oxygen atoms in total. The molecule has 0 amide bonds. The minimum atomic E-state index is -0.481. The van der Waals surface area contributed by atoms with Crippen LogP contribution in [0.25, 0.3) is 0 Å². The van der Waals surface area contributed by atoms with E-state index in [0.717, 1.165) is 23.5 Å². The summed E-state index contributed by atoms with van der Waals surface area (Å²) in [7, 11) is 0. The number of benzene rings is 2. The van der Waals surface area contributed by atoms with E-state index in [1.54, 1.807) is 6.07 Å². The van der Waals surface area contributed by atoms with Gasteiger partial charge in [-0.15, -0.1) is 0 Å². The highest BCUT2D eigenvalue weighted by atomic mass is 16.3. The Balaban J connectivity index is 1.91. The first-order valence-corrected chi connectivity index (χ1v) is 8.75. The van der Waals surface area contributed by atoms with Crippen LogP contribution in [0.2, 0.25) is 0 Å². The molecule has 0 spiro atoms. The van der Waals surface area contributed by atoms with Crippen molar-refractivity contribution < 1.29 is 15.0 Å². The lowest BCUT2D eigenvalue weighted by Gasteiger charge is -2.34. The first kappa shape index (κ1) is 16.5. The molecule has 5 heteroatoms. The lowest BCUT2D eigenvalue weighted by molar-refractivity contribution is -0.118. The number of carbonyl (C=O) groups is 1. The molecule has 0 saturated carbocycles. The number of allylic oxidation sites excluding steroid dienone is 1. The number of hydrogen-bond donors (Lipinski definition) is 4. The molecular weight excluding hydrogens is 328 g/mol. The van der Waals surface area contributed by atoms with Crippen molar-refractivity contribution >= 4 is 17.2 Å². The fourth-order valence-electron chi connectivity index (χ4n) is 3.90. The molecular formula is C21H22N2O3. The number of rotatable bonds is 1. The average molecular weight is 350 g/mol. The van der Waals surface area contributed by atoms with Gasteiger partial charge in [0.25, 0.3) is 0 Å². The first-order valence-electron chi connectivity index (χ1n) is 8.75. The van der Waals surface area contributed by atoms with Gasteiger partial charge in [0.2, 0.25) is 0 Å². The van der Waals surface area contributed by atoms with Crippen molar-refractivity contribution in [1.82, 2.24) is 0 Å². The monoisotopic (exact) mass is 350 g/mol. The number of phenolic OH excluding ortho intramolecular Hbond substituents is 2. The third-order valence-electron chi connectivity index (χ3n) is 5.05. The molecule has 4 N–H and O–H groups in total. The summed E-state index contributed by atoms with van der Waals surface area (Å²) in [4.78, 5) is 13.0. The van der Waals surface area contributed by atoms with E-state index >= 15 is 0 Å². The van der Waals surface area contributed by atoms with E-state index in [1.807, 2.05) is 24.3 Å². The SMILES string of the molecule is CC1(C)CC(=O)C2=C(C1)Nc1ccccc1N[C@@H]2c1ccc(O)cc1O. The highest BCUT2D eigenvalue weighted by Gasteiger charge is 2.39. The number of fused-ring (bicyclic) bond motifs is 1. The highest BCUT2D eigenvalue weighted by Crippen LogP contribution is 2.46. The third kappa shape index (κ3) is 2.79. The summed E-state index contributed by atoms with van der Waals surface area (Å²) in [5.41, 5.74) is 3.77. The van der Waals surface area contributed by atoms with E-state index in [-0.39, 0.29) is 22.7 Å². The lowest BCUT2D eigenvalue weighted by atomic mass is 9.73. The average Bonchev–Trinajstić information content (AvgIpc) is 2.69. The number of hydrogen-bond acceptors (Lipinski definition) is 5. The Morgan fingerprint density at radius 3 is 2.50 bits per heavy atom. The number of nitrogens with one attached hydrogen (secondary N) is 2. The Kier molecular flexibility index (Phi) is 3.68. The van der Waals surface area contributed by atoms with Crippen LogP contribution in [0, 0.1) is 5.41 Å². The van der Waals surface area contributed by atoms with Gasteiger partial charge < -0.3 is 20.8 Å². The second-order valence-corrected chi connectivity index (χ2v) is 7.82. The van der Waals surface area contributed by atoms with Crippen molar-refractivity contribution in [1.29, 1.82) is 0 Å². The standard InChI is InChI=1S/C21H22N2O3/c1-21(2)10-16-19(18(26)11-21)20(13-8-7-12(24)9-17(13)25)23-15-6-4-3-5-14(15)22-16/h3-9,20,22-25H,10-11H2,1-2H3/t20-/m1/s1. The molecule has 0 unspecified atom stereocenters. The van der Waals surface area contributed by atoms with Crippen LogP contribution in [0.3, 0.4) is 0 Å². The fraction of sp³-hybridized carbons (Fsp3) is 0.286. The van der Waals surface area contributed by atoms with Gasteiger partial charge in [-0.1, -0.05) is 26.0 Å². The van der Waals surface area contributed by atoms with Gasteiger partial charge in [0.05, 0.1) is 17.4 Å². The maximum absolute atomic E-state index is 13.0. The van der Waals surface area contributed by atoms with Crippen LogP contribution < -0.4 is 10.6 Å². The van der Waals surface area contributed by atoms with E-state index in [4.69, 9.17) is 0 Å². The lowest BCUT2D eigenvalue weighted by Crippen LogP contribution is -2.31. The summed E-state index contributed by atoms with van der Waals surface area (Å²) >= 11 is 0. The number of ketones is 1. The van der Waals surface area contributed by atoms with Crippen molar-refractivity contribution in [2.24, 2.45) is 5.41 Å². The van der Waals surface area contributed by atoms with Crippen molar-refractivity contribution in [3.05, 3.63) is 59.3 Å². The smallest absolute Gasteiger partial charge is 0.163 e. The summed E-state index contributed by atoms with van der Waals surface area (Å²) in [5, 5.41) is 26.9. The summed E-state index contributed by atoms with van der Waals surface area (Å²) in [6, 6.07) is 11.8. The Labute approximate surface area is 152 Å². The van der Waals surface area contributed by atoms with Crippen LogP contribution in [0.1, 0.15) is 38.3 Å². The van der Waals surface area contributed by atoms with Crippen LogP contribution in [0.5, 0.6) is 11.5 Å². The van der Waals surface area contributed by atoms with Gasteiger partial charge in [0, 0.05) is 29.3 Å². The summed E-state index contributed by atoms with van der Waals surface area (Å²) in [5.74, 6) is 0.0246. The highest BCUT2D eigenvalue weighted by molar-refractivity contribution is 6.01. The molecule has 2 aromatic rings. The van der Waals surface area contributed by atoms with Crippen LogP contribution in [0.4, 0.5) is 11.4 Å². The van der Waals surface area contributed by atoms with Gasteiger partial charge in [-0.3, -0.25) is 4.79 Å². The molecule has 1 atom stereocenters. The number of aromatic hydroxyl groups is 2. The maximum atomic E-state index is 13.0. The molecule has 0 saturated heterocycles. The van der Waals surface area contributed by atoms with Gasteiger partial charge >= 0.3 is 0 Å². The summed E-state index contributed by atoms with van der Waals surface area (Å²) < 4.78 is 0. The number of para-hydroxylation sites is 2. The van der Waals surface area contributed by atoms with E-state index in [1.165, 1.54) is 12.1 Å². The number of Topliss-reactive ketones (excluding diaryl/α,β-unsaturated/α-hetero) is 1. The fourth-order valence-corrected chi connectivity index (χ4v) is 3.90. The minimum absolute atomic E-state index is 0.0105. The molecule has 1 heterocycles. The van der Waals surface area contributed by atoms with Crippen LogP contribution in [-0.4, -0.2) is 16.0 Å². The van der Waals surface area contributed by atoms with Crippen LogP contribution in [-0.2, 0) is 4.79 Å². The van der Waals surface area contributed by atoms with Crippen LogP contribution >= 0.6 is 0 Å². The van der Waals surface area contributed by atoms with E-state index in [2.05, 4.69) is 24.5 Å². The first-order chi connectivity index (χ1) is 12.3. The van der Waals surface area contributed by atoms with Crippen molar-refractivity contribution in [2.75, 3.05) is 10.6 Å². The Morgan fingerprint density at radius 1 is 1.04 bits per heavy atom. The molecule has 0 radical (unpaired) electrons. The van der Waals surface area contributed by atoms with Gasteiger partial charge in [-0.2, -0.15) is 0 Å². The van der Waals surface area contributed by atoms with Crippen LogP contribution in [0.15, 0.2) is 53.7 Å². The zero-order valence-corrected chi connectivity index (χ0v) is 14.8. The molecule has 2 aliphatic rings. The van der Waals surface area contributed by atoms with Gasteiger partial charge in [0.15, 0.2) is 5.78 Å². The maximum Gasteiger partial charge on any atom is 0.163 e. The van der Waals surface area contributed by atoms with Gasteiger partial charge in [-0.25, -0.2) is 0 Å². The molecule has 26 heavy (non-hydrogen) atoms. The summed E-state index contributed by atoms with van der Waals surface area (Å²) in [6.45, 7) is 4.18. The van der Waals surface area contributed by atoms with Crippen molar-refractivity contribution in [3.63, 3.8) is 0 Å². The molecule has 4 rings (SSSR count).